The van der Waals surface area contributed by atoms with Gasteiger partial charge in [0.1, 0.15) is 17.1 Å². The Labute approximate surface area is 186 Å². The summed E-state index contributed by atoms with van der Waals surface area (Å²) in [7, 11) is 0. The highest BCUT2D eigenvalue weighted by Crippen LogP contribution is 2.40. The third kappa shape index (κ3) is 3.57. The minimum Gasteiger partial charge on any atom is -0.443 e. The smallest absolute Gasteiger partial charge is 0.419 e. The van der Waals surface area contributed by atoms with Crippen LogP contribution >= 0.6 is 11.6 Å². The number of hydrogen-bond acceptors (Lipinski definition) is 5. The van der Waals surface area contributed by atoms with E-state index >= 15 is 0 Å². The first-order chi connectivity index (χ1) is 14.5. The summed E-state index contributed by atoms with van der Waals surface area (Å²) in [5.74, 6) is 0.0818. The van der Waals surface area contributed by atoms with E-state index in [9.17, 15) is 4.79 Å². The molecule has 4 aromatic heterocycles. The minimum absolute atomic E-state index is 0.0818. The first-order valence-corrected chi connectivity index (χ1v) is 10.6. The largest absolute Gasteiger partial charge is 0.443 e. The molecule has 31 heavy (non-hydrogen) atoms. The maximum atomic E-state index is 13.4. The number of nitrogens with zero attached hydrogens (tertiary/aromatic N) is 5. The van der Waals surface area contributed by atoms with Crippen LogP contribution in [0.2, 0.25) is 5.15 Å². The van der Waals surface area contributed by atoms with Crippen molar-refractivity contribution in [2.24, 2.45) is 0 Å². The molecule has 0 atom stereocenters. The Balaban J connectivity index is 2.16. The molecule has 162 valence electrons. The van der Waals surface area contributed by atoms with Crippen LogP contribution in [0.3, 0.4) is 0 Å². The van der Waals surface area contributed by atoms with Gasteiger partial charge >= 0.3 is 6.09 Å². The Morgan fingerprint density at radius 2 is 1.87 bits per heavy atom. The Morgan fingerprint density at radius 1 is 1.16 bits per heavy atom. The molecule has 0 N–H and O–H groups in total. The van der Waals surface area contributed by atoms with Crippen molar-refractivity contribution < 1.29 is 9.53 Å². The van der Waals surface area contributed by atoms with Crippen LogP contribution in [0, 0.1) is 13.8 Å². The Hall–Kier alpha value is -2.93. The molecule has 0 radical (unpaired) electrons. The van der Waals surface area contributed by atoms with Crippen LogP contribution in [-0.4, -0.2) is 35.8 Å². The van der Waals surface area contributed by atoms with E-state index in [4.69, 9.17) is 16.3 Å². The van der Waals surface area contributed by atoms with Crippen LogP contribution in [0.25, 0.3) is 27.9 Å². The molecule has 4 aromatic rings. The third-order valence-electron chi connectivity index (χ3n) is 5.35. The number of aryl methyl sites for hydroxylation is 1. The summed E-state index contributed by atoms with van der Waals surface area (Å²) in [4.78, 5) is 22.4. The van der Waals surface area contributed by atoms with Crippen molar-refractivity contribution >= 4 is 34.4 Å². The van der Waals surface area contributed by atoms with Gasteiger partial charge in [0.25, 0.3) is 0 Å². The van der Waals surface area contributed by atoms with Gasteiger partial charge in [-0.2, -0.15) is 5.10 Å². The van der Waals surface area contributed by atoms with Gasteiger partial charge in [0.2, 0.25) is 0 Å². The standard InChI is InChI=1S/C23H26ClN5O2/c1-12(2)18-19-16(8-9-17(24)27-19)29(22(30)31-23(5,6)7)20(18)15-10-28-21(25-11-26-28)14(4)13(15)3/h8-12H,1-7H3. The summed E-state index contributed by atoms with van der Waals surface area (Å²) in [5, 5.41) is 4.70. The summed E-state index contributed by atoms with van der Waals surface area (Å²) in [6, 6.07) is 3.51. The fourth-order valence-electron chi connectivity index (χ4n) is 3.91. The molecule has 0 unspecified atom stereocenters. The Morgan fingerprint density at radius 3 is 2.52 bits per heavy atom. The first-order valence-electron chi connectivity index (χ1n) is 10.2. The number of hydrogen-bond donors (Lipinski definition) is 0. The second kappa shape index (κ2) is 7.34. The predicted molar refractivity (Wildman–Crippen MR) is 122 cm³/mol. The quantitative estimate of drug-likeness (QED) is 0.362. The normalized spacial score (nSPS) is 12.3. The molecular weight excluding hydrogens is 414 g/mol. The number of rotatable bonds is 2. The zero-order valence-corrected chi connectivity index (χ0v) is 19.6. The van der Waals surface area contributed by atoms with Crippen LogP contribution in [0.15, 0.2) is 24.7 Å². The highest BCUT2D eigenvalue weighted by Gasteiger charge is 2.30. The Bertz CT molecular complexity index is 1330. The van der Waals surface area contributed by atoms with Crippen molar-refractivity contribution in [2.45, 2.75) is 60.0 Å². The van der Waals surface area contributed by atoms with E-state index in [1.807, 2.05) is 46.9 Å². The average molecular weight is 440 g/mol. The van der Waals surface area contributed by atoms with Gasteiger partial charge in [-0.3, -0.25) is 0 Å². The number of carbonyl (C=O) groups excluding carboxylic acids is 1. The highest BCUT2D eigenvalue weighted by molar-refractivity contribution is 6.29. The minimum atomic E-state index is -0.649. The predicted octanol–water partition coefficient (Wildman–Crippen LogP) is 5.92. The van der Waals surface area contributed by atoms with Crippen LogP contribution in [-0.2, 0) is 4.74 Å². The molecule has 8 heteroatoms. The van der Waals surface area contributed by atoms with Crippen LogP contribution in [0.1, 0.15) is 57.2 Å². The summed E-state index contributed by atoms with van der Waals surface area (Å²) < 4.78 is 9.14. The van der Waals surface area contributed by atoms with Gasteiger partial charge in [-0.1, -0.05) is 25.4 Å². The SMILES string of the molecule is Cc1c(-c2c(C(C)C)c3nc(Cl)ccc3n2C(=O)OC(C)(C)C)cn2ncnc2c1C. The van der Waals surface area contributed by atoms with Gasteiger partial charge in [-0.25, -0.2) is 23.8 Å². The van der Waals surface area contributed by atoms with Gasteiger partial charge in [-0.15, -0.1) is 0 Å². The first kappa shape index (κ1) is 21.3. The van der Waals surface area contributed by atoms with E-state index in [0.29, 0.717) is 16.2 Å². The fourth-order valence-corrected chi connectivity index (χ4v) is 4.06. The van der Waals surface area contributed by atoms with Crippen molar-refractivity contribution in [3.63, 3.8) is 0 Å². The van der Waals surface area contributed by atoms with Crippen LogP contribution < -0.4 is 0 Å². The number of pyridine rings is 2. The van der Waals surface area contributed by atoms with Crippen molar-refractivity contribution in [1.29, 1.82) is 0 Å². The molecule has 0 aliphatic rings. The van der Waals surface area contributed by atoms with E-state index < -0.39 is 11.7 Å². The van der Waals surface area contributed by atoms with Gasteiger partial charge in [0.05, 0.1) is 16.7 Å². The molecule has 0 amide bonds. The van der Waals surface area contributed by atoms with Gasteiger partial charge in [0.15, 0.2) is 5.65 Å². The lowest BCUT2D eigenvalue weighted by Crippen LogP contribution is -2.27. The summed E-state index contributed by atoms with van der Waals surface area (Å²) in [6.07, 6.45) is 2.98. The maximum Gasteiger partial charge on any atom is 0.419 e. The number of carbonyl (C=O) groups is 1. The molecule has 0 fully saturated rings. The average Bonchev–Trinajstić information content (AvgIpc) is 3.25. The monoisotopic (exact) mass is 439 g/mol. The zero-order chi connectivity index (χ0) is 22.7. The molecule has 0 saturated carbocycles. The Kier molecular flexibility index (Phi) is 5.04. The number of fused-ring (bicyclic) bond motifs is 2. The lowest BCUT2D eigenvalue weighted by molar-refractivity contribution is 0.0547. The molecule has 0 aromatic carbocycles. The van der Waals surface area contributed by atoms with Crippen molar-refractivity contribution in [2.75, 3.05) is 0 Å². The fraction of sp³-hybridized carbons (Fsp3) is 0.391. The van der Waals surface area contributed by atoms with E-state index in [-0.39, 0.29) is 5.92 Å². The topological polar surface area (TPSA) is 74.3 Å². The van der Waals surface area contributed by atoms with E-state index in [1.165, 1.54) is 6.33 Å². The van der Waals surface area contributed by atoms with Gasteiger partial charge in [-0.05, 0) is 63.8 Å². The molecular formula is C23H26ClN5O2. The summed E-state index contributed by atoms with van der Waals surface area (Å²) >= 11 is 6.25. The molecule has 0 aliphatic carbocycles. The zero-order valence-electron chi connectivity index (χ0n) is 18.8. The second-order valence-corrected chi connectivity index (χ2v) is 9.44. The molecule has 0 aliphatic heterocycles. The second-order valence-electron chi connectivity index (χ2n) is 9.06. The third-order valence-corrected chi connectivity index (χ3v) is 5.56. The van der Waals surface area contributed by atoms with E-state index in [1.54, 1.807) is 15.1 Å². The summed E-state index contributed by atoms with van der Waals surface area (Å²) in [6.45, 7) is 13.8. The van der Waals surface area contributed by atoms with Gasteiger partial charge in [0, 0.05) is 17.3 Å². The van der Waals surface area contributed by atoms with E-state index in [0.717, 1.165) is 33.6 Å². The summed E-state index contributed by atoms with van der Waals surface area (Å²) in [5.41, 5.74) is 6.05. The lowest BCUT2D eigenvalue weighted by Gasteiger charge is -2.22. The lowest BCUT2D eigenvalue weighted by atomic mass is 9.95. The maximum absolute atomic E-state index is 13.4. The highest BCUT2D eigenvalue weighted by atomic mass is 35.5. The molecule has 0 spiro atoms. The van der Waals surface area contributed by atoms with Crippen LogP contribution in [0.4, 0.5) is 4.79 Å². The molecule has 4 heterocycles. The van der Waals surface area contributed by atoms with E-state index in [2.05, 4.69) is 28.9 Å². The molecule has 0 saturated heterocycles. The van der Waals surface area contributed by atoms with Crippen molar-refractivity contribution in [3.8, 4) is 11.3 Å². The molecule has 7 nitrogen and oxygen atoms in total. The number of halogens is 1. The van der Waals surface area contributed by atoms with Crippen LogP contribution in [0.5, 0.6) is 0 Å². The number of aromatic nitrogens is 5. The van der Waals surface area contributed by atoms with Gasteiger partial charge < -0.3 is 4.74 Å². The number of ether oxygens (including phenoxy) is 1. The molecule has 0 bridgehead atoms. The van der Waals surface area contributed by atoms with Crippen molar-refractivity contribution in [1.82, 2.24) is 24.1 Å². The van der Waals surface area contributed by atoms with Crippen molar-refractivity contribution in [3.05, 3.63) is 46.5 Å². The molecule has 4 rings (SSSR count).